The number of fused-ring (bicyclic) bond motifs is 1. The Morgan fingerprint density at radius 1 is 1.09 bits per heavy atom. The lowest BCUT2D eigenvalue weighted by Crippen LogP contribution is -2.28. The summed E-state index contributed by atoms with van der Waals surface area (Å²) in [6, 6.07) is 15.6. The van der Waals surface area contributed by atoms with E-state index < -0.39 is 6.03 Å². The first kappa shape index (κ1) is 14.5. The maximum atomic E-state index is 12.2. The quantitative estimate of drug-likeness (QED) is 0.690. The highest BCUT2D eigenvalue weighted by Gasteiger charge is 2.08. The van der Waals surface area contributed by atoms with E-state index in [9.17, 15) is 9.59 Å². The van der Waals surface area contributed by atoms with Crippen LogP contribution in [0, 0.1) is 0 Å². The smallest absolute Gasteiger partial charge is 0.316 e. The van der Waals surface area contributed by atoms with Crippen molar-refractivity contribution in [1.82, 2.24) is 15.3 Å². The van der Waals surface area contributed by atoms with Gasteiger partial charge in [0, 0.05) is 0 Å². The van der Waals surface area contributed by atoms with Crippen LogP contribution in [0.4, 0.5) is 4.79 Å². The fourth-order valence-electron chi connectivity index (χ4n) is 2.22. The van der Waals surface area contributed by atoms with Gasteiger partial charge in [-0.2, -0.15) is 0 Å². The number of rotatable bonds is 3. The molecule has 23 heavy (non-hydrogen) atoms. The molecule has 0 bridgehead atoms. The van der Waals surface area contributed by atoms with E-state index in [1.54, 1.807) is 24.3 Å². The summed E-state index contributed by atoms with van der Waals surface area (Å²) < 4.78 is 0. The molecule has 0 saturated heterocycles. The zero-order valence-corrected chi connectivity index (χ0v) is 12.1. The zero-order chi connectivity index (χ0) is 16.2. The minimum atomic E-state index is -0.711. The second kappa shape index (κ2) is 6.15. The third-order valence-corrected chi connectivity index (χ3v) is 3.25. The molecule has 0 unspecified atom stereocenters. The number of nitrogens with one attached hydrogen (secondary N) is 2. The molecule has 3 aromatic rings. The number of aromatic nitrogens is 2. The summed E-state index contributed by atoms with van der Waals surface area (Å²) in [5.74, 6) is 0. The molecule has 0 radical (unpaired) electrons. The van der Waals surface area contributed by atoms with Gasteiger partial charge in [0.05, 0.1) is 16.7 Å². The standard InChI is InChI=1S/C17H14N4O2/c18-17(23)21-14(11-6-2-1-3-7-11)10-15-16(22)20-13-9-5-4-8-12(13)19-15/h1-10H,(H,20,22)(H3,18,21,23). The first-order valence-corrected chi connectivity index (χ1v) is 6.96. The van der Waals surface area contributed by atoms with E-state index in [0.29, 0.717) is 16.7 Å². The summed E-state index contributed by atoms with van der Waals surface area (Å²) in [5.41, 5.74) is 7.50. The van der Waals surface area contributed by atoms with Gasteiger partial charge in [0.25, 0.3) is 5.56 Å². The van der Waals surface area contributed by atoms with E-state index >= 15 is 0 Å². The monoisotopic (exact) mass is 306 g/mol. The van der Waals surface area contributed by atoms with Crippen molar-refractivity contribution in [3.8, 4) is 0 Å². The normalized spacial score (nSPS) is 11.4. The van der Waals surface area contributed by atoms with Crippen LogP contribution in [0.5, 0.6) is 0 Å². The molecule has 2 amide bonds. The minimum Gasteiger partial charge on any atom is -0.351 e. The van der Waals surface area contributed by atoms with Crippen molar-refractivity contribution in [2.24, 2.45) is 5.73 Å². The Balaban J connectivity index is 2.14. The summed E-state index contributed by atoms with van der Waals surface area (Å²) in [5, 5.41) is 2.53. The number of nitrogens with two attached hydrogens (primary N) is 1. The molecule has 6 heteroatoms. The van der Waals surface area contributed by atoms with Gasteiger partial charge in [-0.05, 0) is 23.8 Å². The van der Waals surface area contributed by atoms with E-state index in [4.69, 9.17) is 5.73 Å². The number of nitrogens with zero attached hydrogens (tertiary/aromatic N) is 1. The van der Waals surface area contributed by atoms with Crippen LogP contribution in [0.1, 0.15) is 11.3 Å². The fourth-order valence-corrected chi connectivity index (χ4v) is 2.22. The summed E-state index contributed by atoms with van der Waals surface area (Å²) >= 11 is 0. The van der Waals surface area contributed by atoms with Crippen LogP contribution < -0.4 is 16.6 Å². The number of aromatic amines is 1. The van der Waals surface area contributed by atoms with Crippen molar-refractivity contribution in [3.63, 3.8) is 0 Å². The highest BCUT2D eigenvalue weighted by atomic mass is 16.2. The molecule has 4 N–H and O–H groups in total. The van der Waals surface area contributed by atoms with Crippen molar-refractivity contribution in [2.75, 3.05) is 0 Å². The molecule has 0 spiro atoms. The van der Waals surface area contributed by atoms with Gasteiger partial charge in [-0.15, -0.1) is 0 Å². The van der Waals surface area contributed by atoms with Gasteiger partial charge >= 0.3 is 6.03 Å². The molecule has 0 aliphatic rings. The van der Waals surface area contributed by atoms with Crippen molar-refractivity contribution in [1.29, 1.82) is 0 Å². The number of H-pyrrole nitrogens is 1. The molecule has 1 heterocycles. The molecular formula is C17H14N4O2. The van der Waals surface area contributed by atoms with Gasteiger partial charge < -0.3 is 16.0 Å². The van der Waals surface area contributed by atoms with Crippen LogP contribution in [0.3, 0.4) is 0 Å². The second-order valence-electron chi connectivity index (χ2n) is 4.88. The van der Waals surface area contributed by atoms with Crippen LogP contribution in [-0.4, -0.2) is 16.0 Å². The summed E-state index contributed by atoms with van der Waals surface area (Å²) in [6.07, 6.45) is 1.51. The maximum Gasteiger partial charge on any atom is 0.316 e. The lowest BCUT2D eigenvalue weighted by Gasteiger charge is -2.08. The number of benzene rings is 2. The number of carbonyl (C=O) groups excluding carboxylic acids is 1. The largest absolute Gasteiger partial charge is 0.351 e. The molecule has 3 rings (SSSR count). The third-order valence-electron chi connectivity index (χ3n) is 3.25. The van der Waals surface area contributed by atoms with Crippen LogP contribution in [0.2, 0.25) is 0 Å². The molecule has 0 aliphatic carbocycles. The molecule has 0 aliphatic heterocycles. The van der Waals surface area contributed by atoms with Gasteiger partial charge in [-0.1, -0.05) is 42.5 Å². The van der Waals surface area contributed by atoms with Crippen LogP contribution >= 0.6 is 0 Å². The Kier molecular flexibility index (Phi) is 3.88. The summed E-state index contributed by atoms with van der Waals surface area (Å²) in [6.45, 7) is 0. The first-order valence-electron chi connectivity index (χ1n) is 6.96. The van der Waals surface area contributed by atoms with E-state index in [1.165, 1.54) is 6.08 Å². The molecular weight excluding hydrogens is 292 g/mol. The van der Waals surface area contributed by atoms with E-state index in [1.807, 2.05) is 30.3 Å². The molecule has 1 aromatic heterocycles. The van der Waals surface area contributed by atoms with Crippen molar-refractivity contribution in [3.05, 3.63) is 76.2 Å². The number of carbonyl (C=O) groups is 1. The molecule has 0 atom stereocenters. The lowest BCUT2D eigenvalue weighted by atomic mass is 10.1. The number of para-hydroxylation sites is 2. The maximum absolute atomic E-state index is 12.2. The highest BCUT2D eigenvalue weighted by Crippen LogP contribution is 2.14. The van der Waals surface area contributed by atoms with E-state index in [2.05, 4.69) is 15.3 Å². The van der Waals surface area contributed by atoms with Crippen LogP contribution in [-0.2, 0) is 0 Å². The average Bonchev–Trinajstić information content (AvgIpc) is 2.55. The highest BCUT2D eigenvalue weighted by molar-refractivity contribution is 5.91. The Morgan fingerprint density at radius 3 is 2.52 bits per heavy atom. The number of urea groups is 1. The Hall–Kier alpha value is -3.41. The number of hydrogen-bond donors (Lipinski definition) is 3. The number of hydrogen-bond acceptors (Lipinski definition) is 3. The van der Waals surface area contributed by atoms with Crippen molar-refractivity contribution in [2.45, 2.75) is 0 Å². The van der Waals surface area contributed by atoms with Gasteiger partial charge in [0.15, 0.2) is 0 Å². The number of primary amides is 1. The predicted octanol–water partition coefficient (Wildman–Crippen LogP) is 2.09. The van der Waals surface area contributed by atoms with Crippen molar-refractivity contribution < 1.29 is 4.79 Å². The molecule has 2 aromatic carbocycles. The van der Waals surface area contributed by atoms with E-state index in [-0.39, 0.29) is 11.3 Å². The zero-order valence-electron chi connectivity index (χ0n) is 12.1. The van der Waals surface area contributed by atoms with Gasteiger partial charge in [-0.25, -0.2) is 9.78 Å². The Bertz CT molecular complexity index is 945. The molecule has 0 saturated carbocycles. The topological polar surface area (TPSA) is 101 Å². The van der Waals surface area contributed by atoms with Gasteiger partial charge in [0.1, 0.15) is 5.69 Å². The summed E-state index contributed by atoms with van der Waals surface area (Å²) in [4.78, 5) is 30.5. The lowest BCUT2D eigenvalue weighted by molar-refractivity contribution is 0.252. The van der Waals surface area contributed by atoms with Crippen molar-refractivity contribution >= 4 is 28.8 Å². The molecule has 6 nitrogen and oxygen atoms in total. The number of amides is 2. The Morgan fingerprint density at radius 2 is 1.78 bits per heavy atom. The third kappa shape index (κ3) is 3.26. The first-order chi connectivity index (χ1) is 11.1. The fraction of sp³-hybridized carbons (Fsp3) is 0. The van der Waals surface area contributed by atoms with Gasteiger partial charge in [-0.3, -0.25) is 4.79 Å². The Labute approximate surface area is 131 Å². The SMILES string of the molecule is NC(=O)NC(=Cc1nc2ccccc2[nH]c1=O)c1ccccc1. The van der Waals surface area contributed by atoms with Crippen LogP contribution in [0.15, 0.2) is 59.4 Å². The summed E-state index contributed by atoms with van der Waals surface area (Å²) in [7, 11) is 0. The average molecular weight is 306 g/mol. The van der Waals surface area contributed by atoms with Crippen LogP contribution in [0.25, 0.3) is 22.8 Å². The minimum absolute atomic E-state index is 0.191. The van der Waals surface area contributed by atoms with Gasteiger partial charge in [0.2, 0.25) is 0 Å². The van der Waals surface area contributed by atoms with E-state index in [0.717, 1.165) is 5.56 Å². The molecule has 114 valence electrons. The molecule has 0 fully saturated rings. The predicted molar refractivity (Wildman–Crippen MR) is 89.4 cm³/mol. The second-order valence-corrected chi connectivity index (χ2v) is 4.88.